The lowest BCUT2D eigenvalue weighted by Gasteiger charge is -2.18. The highest BCUT2D eigenvalue weighted by Gasteiger charge is 2.17. The number of rotatable bonds is 2. The molecule has 3 N–H and O–H groups in total. The topological polar surface area (TPSA) is 64.1 Å². The number of fused-ring (bicyclic) bond motifs is 1. The molecule has 1 atom stereocenters. The number of imidazole rings is 1. The standard InChI is InChI=1S/C9H15N3O/c10-5-8(13)7-6-11-9-3-1-2-4-12(7)9/h6,8,13H,1-5,10H2. The van der Waals surface area contributed by atoms with Gasteiger partial charge in [-0.05, 0) is 12.8 Å². The second-order valence-electron chi connectivity index (χ2n) is 3.46. The van der Waals surface area contributed by atoms with Crippen molar-refractivity contribution in [3.8, 4) is 0 Å². The second-order valence-corrected chi connectivity index (χ2v) is 3.46. The summed E-state index contributed by atoms with van der Waals surface area (Å²) >= 11 is 0. The van der Waals surface area contributed by atoms with Gasteiger partial charge in [-0.2, -0.15) is 0 Å². The van der Waals surface area contributed by atoms with Crippen LogP contribution in [-0.2, 0) is 13.0 Å². The fourth-order valence-electron chi connectivity index (χ4n) is 1.83. The van der Waals surface area contributed by atoms with E-state index in [1.807, 2.05) is 0 Å². The molecule has 1 aliphatic rings. The van der Waals surface area contributed by atoms with Gasteiger partial charge in [-0.15, -0.1) is 0 Å². The zero-order valence-electron chi connectivity index (χ0n) is 7.61. The number of aryl methyl sites for hydroxylation is 1. The maximum atomic E-state index is 9.59. The van der Waals surface area contributed by atoms with E-state index in [9.17, 15) is 5.11 Å². The third-order valence-corrected chi connectivity index (χ3v) is 2.57. The van der Waals surface area contributed by atoms with Gasteiger partial charge >= 0.3 is 0 Å². The molecule has 4 nitrogen and oxygen atoms in total. The van der Waals surface area contributed by atoms with Crippen LogP contribution in [0.4, 0.5) is 0 Å². The highest BCUT2D eigenvalue weighted by atomic mass is 16.3. The number of hydrogen-bond acceptors (Lipinski definition) is 3. The number of nitrogens with two attached hydrogens (primary N) is 1. The summed E-state index contributed by atoms with van der Waals surface area (Å²) < 4.78 is 2.10. The maximum Gasteiger partial charge on any atom is 0.108 e. The summed E-state index contributed by atoms with van der Waals surface area (Å²) in [6, 6.07) is 0. The van der Waals surface area contributed by atoms with E-state index in [0.717, 1.165) is 24.5 Å². The van der Waals surface area contributed by atoms with Crippen molar-refractivity contribution >= 4 is 0 Å². The predicted molar refractivity (Wildman–Crippen MR) is 49.2 cm³/mol. The third kappa shape index (κ3) is 1.47. The molecule has 0 amide bonds. The van der Waals surface area contributed by atoms with Crippen LogP contribution in [0.1, 0.15) is 30.5 Å². The van der Waals surface area contributed by atoms with Gasteiger partial charge in [0.05, 0.1) is 11.9 Å². The van der Waals surface area contributed by atoms with Gasteiger partial charge in [-0.3, -0.25) is 0 Å². The summed E-state index contributed by atoms with van der Waals surface area (Å²) in [6.45, 7) is 1.24. The number of aromatic nitrogens is 2. The summed E-state index contributed by atoms with van der Waals surface area (Å²) in [4.78, 5) is 4.27. The number of aliphatic hydroxyl groups excluding tert-OH is 1. The minimum absolute atomic E-state index is 0.269. The molecule has 0 aliphatic carbocycles. The Morgan fingerprint density at radius 3 is 3.23 bits per heavy atom. The Labute approximate surface area is 77.4 Å². The first-order valence-corrected chi connectivity index (χ1v) is 4.75. The Morgan fingerprint density at radius 2 is 2.46 bits per heavy atom. The zero-order valence-corrected chi connectivity index (χ0v) is 7.61. The molecule has 72 valence electrons. The fourth-order valence-corrected chi connectivity index (χ4v) is 1.83. The summed E-state index contributed by atoms with van der Waals surface area (Å²) in [6.07, 6.45) is 4.59. The normalized spacial score (nSPS) is 18.3. The van der Waals surface area contributed by atoms with Crippen molar-refractivity contribution in [3.63, 3.8) is 0 Å². The SMILES string of the molecule is NCC(O)c1cnc2n1CCCC2. The molecule has 1 unspecified atom stereocenters. The largest absolute Gasteiger partial charge is 0.385 e. The smallest absolute Gasteiger partial charge is 0.108 e. The highest BCUT2D eigenvalue weighted by molar-refractivity contribution is 5.10. The van der Waals surface area contributed by atoms with Crippen molar-refractivity contribution in [2.45, 2.75) is 31.9 Å². The maximum absolute atomic E-state index is 9.59. The molecule has 0 saturated heterocycles. The van der Waals surface area contributed by atoms with Crippen molar-refractivity contribution in [2.24, 2.45) is 5.73 Å². The van der Waals surface area contributed by atoms with E-state index in [1.165, 1.54) is 12.8 Å². The summed E-state index contributed by atoms with van der Waals surface area (Å²) in [5.41, 5.74) is 6.28. The number of aliphatic hydroxyl groups is 1. The van der Waals surface area contributed by atoms with Gasteiger partial charge in [0.25, 0.3) is 0 Å². The van der Waals surface area contributed by atoms with E-state index < -0.39 is 6.10 Å². The average Bonchev–Trinajstić information content (AvgIpc) is 2.60. The molecule has 0 bridgehead atoms. The number of hydrogen-bond donors (Lipinski definition) is 2. The van der Waals surface area contributed by atoms with Gasteiger partial charge in [-0.1, -0.05) is 0 Å². The van der Waals surface area contributed by atoms with Crippen molar-refractivity contribution in [1.82, 2.24) is 9.55 Å². The summed E-state index contributed by atoms with van der Waals surface area (Å²) in [5.74, 6) is 1.09. The Bertz CT molecular complexity index is 295. The predicted octanol–water partition coefficient (Wildman–Crippen LogP) is 0.211. The van der Waals surface area contributed by atoms with Gasteiger partial charge in [-0.25, -0.2) is 4.98 Å². The van der Waals surface area contributed by atoms with Crippen molar-refractivity contribution in [1.29, 1.82) is 0 Å². The molecule has 2 rings (SSSR count). The molecule has 1 aromatic rings. The van der Waals surface area contributed by atoms with Gasteiger partial charge in [0.2, 0.25) is 0 Å². The van der Waals surface area contributed by atoms with Gasteiger partial charge in [0, 0.05) is 19.5 Å². The van der Waals surface area contributed by atoms with Crippen molar-refractivity contribution in [3.05, 3.63) is 17.7 Å². The Balaban J connectivity index is 2.31. The average molecular weight is 181 g/mol. The molecule has 0 spiro atoms. The van der Waals surface area contributed by atoms with Crippen LogP contribution in [0.3, 0.4) is 0 Å². The molecular formula is C9H15N3O. The van der Waals surface area contributed by atoms with Crippen LogP contribution in [0, 0.1) is 0 Å². The lowest BCUT2D eigenvalue weighted by atomic mass is 10.1. The van der Waals surface area contributed by atoms with Crippen LogP contribution in [0.2, 0.25) is 0 Å². The van der Waals surface area contributed by atoms with Gasteiger partial charge in [0.1, 0.15) is 11.9 Å². The van der Waals surface area contributed by atoms with Crippen LogP contribution in [0.15, 0.2) is 6.20 Å². The first-order chi connectivity index (χ1) is 6.33. The Hall–Kier alpha value is -0.870. The molecule has 4 heteroatoms. The van der Waals surface area contributed by atoms with Crippen LogP contribution < -0.4 is 5.73 Å². The third-order valence-electron chi connectivity index (χ3n) is 2.57. The van der Waals surface area contributed by atoms with Crippen molar-refractivity contribution in [2.75, 3.05) is 6.54 Å². The van der Waals surface area contributed by atoms with Gasteiger partial charge < -0.3 is 15.4 Å². The zero-order chi connectivity index (χ0) is 9.26. The first-order valence-electron chi connectivity index (χ1n) is 4.75. The highest BCUT2D eigenvalue weighted by Crippen LogP contribution is 2.20. The minimum Gasteiger partial charge on any atom is -0.385 e. The van der Waals surface area contributed by atoms with Gasteiger partial charge in [0.15, 0.2) is 0 Å². The number of nitrogens with zero attached hydrogens (tertiary/aromatic N) is 2. The summed E-state index contributed by atoms with van der Waals surface area (Å²) in [7, 11) is 0. The van der Waals surface area contributed by atoms with Crippen LogP contribution in [0.5, 0.6) is 0 Å². The molecule has 2 heterocycles. The molecule has 1 aliphatic heterocycles. The van der Waals surface area contributed by atoms with E-state index in [-0.39, 0.29) is 6.54 Å². The quantitative estimate of drug-likeness (QED) is 0.685. The molecule has 0 fully saturated rings. The lowest BCUT2D eigenvalue weighted by Crippen LogP contribution is -2.19. The lowest BCUT2D eigenvalue weighted by molar-refractivity contribution is 0.175. The monoisotopic (exact) mass is 181 g/mol. The van der Waals surface area contributed by atoms with E-state index in [2.05, 4.69) is 9.55 Å². The van der Waals surface area contributed by atoms with E-state index >= 15 is 0 Å². The molecule has 0 radical (unpaired) electrons. The molecular weight excluding hydrogens is 166 g/mol. The summed E-state index contributed by atoms with van der Waals surface area (Å²) in [5, 5.41) is 9.59. The van der Waals surface area contributed by atoms with Crippen LogP contribution in [-0.4, -0.2) is 21.2 Å². The van der Waals surface area contributed by atoms with Crippen LogP contribution in [0.25, 0.3) is 0 Å². The fraction of sp³-hybridized carbons (Fsp3) is 0.667. The van der Waals surface area contributed by atoms with E-state index in [0.29, 0.717) is 0 Å². The molecule has 0 aromatic carbocycles. The van der Waals surface area contributed by atoms with Crippen LogP contribution >= 0.6 is 0 Å². The molecule has 13 heavy (non-hydrogen) atoms. The minimum atomic E-state index is -0.556. The van der Waals surface area contributed by atoms with Crippen molar-refractivity contribution < 1.29 is 5.11 Å². The Kier molecular flexibility index (Phi) is 2.33. The van der Waals surface area contributed by atoms with E-state index in [4.69, 9.17) is 5.73 Å². The second kappa shape index (κ2) is 3.47. The molecule has 0 saturated carbocycles. The van der Waals surface area contributed by atoms with E-state index in [1.54, 1.807) is 6.20 Å². The Morgan fingerprint density at radius 1 is 1.62 bits per heavy atom. The molecule has 1 aromatic heterocycles. The first kappa shape index (κ1) is 8.72.